The van der Waals surface area contributed by atoms with E-state index in [2.05, 4.69) is 19.2 Å². The topological polar surface area (TPSA) is 41.6 Å². The number of carbonyl (C=O) groups excluding carboxylic acids is 1. The summed E-state index contributed by atoms with van der Waals surface area (Å²) in [5.74, 6) is 0.921. The second-order valence-electron chi connectivity index (χ2n) is 7.09. The third-order valence-corrected chi connectivity index (χ3v) is 4.98. The Hall–Kier alpha value is -0.610. The fraction of sp³-hybridized carbons (Fsp3) is 0.933. The van der Waals surface area contributed by atoms with Gasteiger partial charge in [-0.05, 0) is 45.4 Å². The predicted molar refractivity (Wildman–Crippen MR) is 73.9 cm³/mol. The van der Waals surface area contributed by atoms with Crippen LogP contribution in [0, 0.1) is 5.92 Å². The lowest BCUT2D eigenvalue weighted by molar-refractivity contribution is -0.147. The molecule has 2 bridgehead atoms. The summed E-state index contributed by atoms with van der Waals surface area (Å²) in [5.41, 5.74) is -0.138. The number of nitrogens with one attached hydrogen (secondary N) is 1. The summed E-state index contributed by atoms with van der Waals surface area (Å²) in [7, 11) is 0. The van der Waals surface area contributed by atoms with Crippen molar-refractivity contribution in [2.75, 3.05) is 19.8 Å². The van der Waals surface area contributed by atoms with Crippen LogP contribution in [-0.4, -0.2) is 48.2 Å². The van der Waals surface area contributed by atoms with E-state index >= 15 is 0 Å². The van der Waals surface area contributed by atoms with Crippen LogP contribution >= 0.6 is 0 Å². The molecule has 19 heavy (non-hydrogen) atoms. The number of rotatable bonds is 2. The SMILES string of the molecule is CC1(C)COCCN1C(=O)CC1CC2CCC(C1)N2. The zero-order chi connectivity index (χ0) is 13.5. The maximum atomic E-state index is 12.6. The van der Waals surface area contributed by atoms with E-state index in [0.29, 0.717) is 37.1 Å². The average Bonchev–Trinajstić information content (AvgIpc) is 2.68. The summed E-state index contributed by atoms with van der Waals surface area (Å²) in [6.07, 6.45) is 5.72. The fourth-order valence-corrected chi connectivity index (χ4v) is 4.02. The maximum absolute atomic E-state index is 12.6. The van der Waals surface area contributed by atoms with Crippen LogP contribution in [0.15, 0.2) is 0 Å². The Morgan fingerprint density at radius 3 is 2.63 bits per heavy atom. The highest BCUT2D eigenvalue weighted by atomic mass is 16.5. The molecular weight excluding hydrogens is 240 g/mol. The molecule has 1 N–H and O–H groups in total. The first-order chi connectivity index (χ1) is 9.04. The van der Waals surface area contributed by atoms with Crippen LogP contribution in [0.5, 0.6) is 0 Å². The van der Waals surface area contributed by atoms with Gasteiger partial charge < -0.3 is 15.0 Å². The average molecular weight is 266 g/mol. The van der Waals surface area contributed by atoms with E-state index in [9.17, 15) is 4.79 Å². The van der Waals surface area contributed by atoms with Gasteiger partial charge in [-0.2, -0.15) is 0 Å². The highest BCUT2D eigenvalue weighted by molar-refractivity contribution is 5.77. The zero-order valence-electron chi connectivity index (χ0n) is 12.2. The van der Waals surface area contributed by atoms with Gasteiger partial charge >= 0.3 is 0 Å². The molecule has 0 aliphatic carbocycles. The van der Waals surface area contributed by atoms with Gasteiger partial charge in [0.1, 0.15) is 0 Å². The number of hydrogen-bond acceptors (Lipinski definition) is 3. The quantitative estimate of drug-likeness (QED) is 0.824. The molecule has 3 saturated heterocycles. The molecule has 0 aromatic heterocycles. The smallest absolute Gasteiger partial charge is 0.223 e. The predicted octanol–water partition coefficient (Wildman–Crippen LogP) is 1.54. The van der Waals surface area contributed by atoms with Gasteiger partial charge in [0.05, 0.1) is 18.8 Å². The van der Waals surface area contributed by atoms with Gasteiger partial charge in [0, 0.05) is 25.0 Å². The number of hydrogen-bond donors (Lipinski definition) is 1. The summed E-state index contributed by atoms with van der Waals surface area (Å²) in [5, 5.41) is 3.64. The van der Waals surface area contributed by atoms with Crippen LogP contribution < -0.4 is 5.32 Å². The molecule has 4 heteroatoms. The molecule has 0 radical (unpaired) electrons. The van der Waals surface area contributed by atoms with Crippen LogP contribution in [0.4, 0.5) is 0 Å². The second kappa shape index (κ2) is 5.06. The molecule has 3 rings (SSSR count). The summed E-state index contributed by atoms with van der Waals surface area (Å²) in [6, 6.07) is 1.35. The van der Waals surface area contributed by atoms with Crippen molar-refractivity contribution in [3.8, 4) is 0 Å². The van der Waals surface area contributed by atoms with Crippen molar-refractivity contribution in [1.29, 1.82) is 0 Å². The van der Waals surface area contributed by atoms with Crippen molar-refractivity contribution in [2.45, 2.75) is 63.6 Å². The number of piperidine rings is 1. The zero-order valence-corrected chi connectivity index (χ0v) is 12.2. The van der Waals surface area contributed by atoms with Crippen molar-refractivity contribution in [2.24, 2.45) is 5.92 Å². The van der Waals surface area contributed by atoms with E-state index in [4.69, 9.17) is 4.74 Å². The van der Waals surface area contributed by atoms with E-state index in [-0.39, 0.29) is 5.54 Å². The van der Waals surface area contributed by atoms with Crippen LogP contribution in [0.25, 0.3) is 0 Å². The fourth-order valence-electron chi connectivity index (χ4n) is 4.02. The molecule has 3 aliphatic rings. The van der Waals surface area contributed by atoms with E-state index in [1.807, 2.05) is 4.90 Å². The van der Waals surface area contributed by atoms with Gasteiger partial charge in [-0.25, -0.2) is 0 Å². The van der Waals surface area contributed by atoms with Crippen LogP contribution in [0.3, 0.4) is 0 Å². The molecule has 0 aromatic carbocycles. The minimum Gasteiger partial charge on any atom is -0.377 e. The summed E-state index contributed by atoms with van der Waals surface area (Å²) in [6.45, 7) is 6.32. The number of fused-ring (bicyclic) bond motifs is 2. The molecule has 2 atom stereocenters. The molecule has 0 saturated carbocycles. The lowest BCUT2D eigenvalue weighted by atomic mass is 9.88. The van der Waals surface area contributed by atoms with Crippen LogP contribution in [0.2, 0.25) is 0 Å². The van der Waals surface area contributed by atoms with E-state index in [1.165, 1.54) is 25.7 Å². The highest BCUT2D eigenvalue weighted by Crippen LogP contribution is 2.33. The molecule has 0 aromatic rings. The minimum absolute atomic E-state index is 0.138. The van der Waals surface area contributed by atoms with E-state index in [1.54, 1.807) is 0 Å². The number of ether oxygens (including phenoxy) is 1. The number of morpholine rings is 1. The third-order valence-electron chi connectivity index (χ3n) is 4.98. The van der Waals surface area contributed by atoms with Gasteiger partial charge in [0.25, 0.3) is 0 Å². The van der Waals surface area contributed by atoms with Gasteiger partial charge in [-0.1, -0.05) is 0 Å². The second-order valence-corrected chi connectivity index (χ2v) is 7.09. The first-order valence-electron chi connectivity index (χ1n) is 7.69. The van der Waals surface area contributed by atoms with Crippen molar-refractivity contribution in [3.63, 3.8) is 0 Å². The van der Waals surface area contributed by atoms with Gasteiger partial charge in [-0.15, -0.1) is 0 Å². The lowest BCUT2D eigenvalue weighted by Crippen LogP contribution is -2.56. The minimum atomic E-state index is -0.138. The standard InChI is InChI=1S/C15H26N2O2/c1-15(2)10-19-6-5-17(15)14(18)9-11-7-12-3-4-13(8-11)16-12/h11-13,16H,3-10H2,1-2H3. The molecule has 4 nitrogen and oxygen atoms in total. The number of carbonyl (C=O) groups is 1. The molecule has 108 valence electrons. The maximum Gasteiger partial charge on any atom is 0.223 e. The first kappa shape index (κ1) is 13.4. The normalized spacial score (nSPS) is 37.4. The largest absolute Gasteiger partial charge is 0.377 e. The Morgan fingerprint density at radius 1 is 1.32 bits per heavy atom. The van der Waals surface area contributed by atoms with Crippen molar-refractivity contribution in [1.82, 2.24) is 10.2 Å². The molecule has 3 fully saturated rings. The van der Waals surface area contributed by atoms with Crippen LogP contribution in [-0.2, 0) is 9.53 Å². The van der Waals surface area contributed by atoms with Gasteiger partial charge in [0.15, 0.2) is 0 Å². The molecule has 1 amide bonds. The highest BCUT2D eigenvalue weighted by Gasteiger charge is 2.38. The van der Waals surface area contributed by atoms with Crippen molar-refractivity contribution in [3.05, 3.63) is 0 Å². The molecule has 0 spiro atoms. The lowest BCUT2D eigenvalue weighted by Gasteiger charge is -2.43. The van der Waals surface area contributed by atoms with Crippen molar-refractivity contribution >= 4 is 5.91 Å². The molecular formula is C15H26N2O2. The van der Waals surface area contributed by atoms with Gasteiger partial charge in [-0.3, -0.25) is 4.79 Å². The van der Waals surface area contributed by atoms with Crippen molar-refractivity contribution < 1.29 is 9.53 Å². The summed E-state index contributed by atoms with van der Waals surface area (Å²) in [4.78, 5) is 14.6. The Bertz CT molecular complexity index is 344. The number of amides is 1. The number of nitrogens with zero attached hydrogens (tertiary/aromatic N) is 1. The molecule has 2 unspecified atom stereocenters. The molecule has 3 heterocycles. The molecule has 3 aliphatic heterocycles. The first-order valence-corrected chi connectivity index (χ1v) is 7.69. The Labute approximate surface area is 115 Å². The van der Waals surface area contributed by atoms with E-state index < -0.39 is 0 Å². The monoisotopic (exact) mass is 266 g/mol. The Balaban J connectivity index is 1.58. The summed E-state index contributed by atoms with van der Waals surface area (Å²) >= 11 is 0. The Morgan fingerprint density at radius 2 is 2.00 bits per heavy atom. The van der Waals surface area contributed by atoms with E-state index in [0.717, 1.165) is 13.0 Å². The third kappa shape index (κ3) is 2.79. The summed E-state index contributed by atoms with van der Waals surface area (Å²) < 4.78 is 5.50. The van der Waals surface area contributed by atoms with Gasteiger partial charge in [0.2, 0.25) is 5.91 Å². The van der Waals surface area contributed by atoms with Crippen LogP contribution in [0.1, 0.15) is 46.0 Å². The Kier molecular flexibility index (Phi) is 3.56.